The van der Waals surface area contributed by atoms with Gasteiger partial charge in [-0.15, -0.1) is 0 Å². The number of carbonyl (C=O) groups is 1. The van der Waals surface area contributed by atoms with Gasteiger partial charge in [0, 0.05) is 32.1 Å². The minimum atomic E-state index is -0.586. The number of anilines is 1. The molecule has 4 nitrogen and oxygen atoms in total. The molecule has 0 saturated carbocycles. The highest BCUT2D eigenvalue weighted by Crippen LogP contribution is 2.26. The van der Waals surface area contributed by atoms with Crippen LogP contribution in [0, 0.1) is 18.1 Å². The first-order valence-corrected chi connectivity index (χ1v) is 8.12. The van der Waals surface area contributed by atoms with E-state index in [1.807, 2.05) is 36.8 Å². The largest absolute Gasteiger partial charge is 0.445 e. The Kier molecular flexibility index (Phi) is 5.48. The quantitative estimate of drug-likeness (QED) is 0.872. The van der Waals surface area contributed by atoms with Gasteiger partial charge in [0.1, 0.15) is 18.2 Å². The van der Waals surface area contributed by atoms with Gasteiger partial charge in [-0.2, -0.15) is 0 Å². The molecule has 1 radical (unpaired) electrons. The van der Waals surface area contributed by atoms with Gasteiger partial charge in [-0.25, -0.2) is 13.6 Å². The molecule has 1 heterocycles. The molecule has 3 rings (SSSR count). The summed E-state index contributed by atoms with van der Waals surface area (Å²) in [6.07, 6.45) is 1.59. The number of halogens is 2. The van der Waals surface area contributed by atoms with Crippen molar-refractivity contribution in [1.82, 2.24) is 5.32 Å². The van der Waals surface area contributed by atoms with E-state index < -0.39 is 17.7 Å². The molecule has 0 spiro atoms. The van der Waals surface area contributed by atoms with Crippen LogP contribution >= 0.6 is 0 Å². The molecule has 1 N–H and O–H groups in total. The normalized spacial score (nSPS) is 13.3. The third kappa shape index (κ3) is 4.47. The highest BCUT2D eigenvalue weighted by atomic mass is 19.1. The SMILES string of the molecule is O=C(NCCc1cc(F)c(N2C[CH]C2)cc1F)OCc1ccccc1. The predicted molar refractivity (Wildman–Crippen MR) is 91.2 cm³/mol. The molecule has 0 aliphatic carbocycles. The Morgan fingerprint density at radius 1 is 1.12 bits per heavy atom. The molecule has 1 amide bonds. The van der Waals surface area contributed by atoms with Crippen molar-refractivity contribution in [3.8, 4) is 0 Å². The summed E-state index contributed by atoms with van der Waals surface area (Å²) in [6.45, 7) is 1.59. The summed E-state index contributed by atoms with van der Waals surface area (Å²) >= 11 is 0. The lowest BCUT2D eigenvalue weighted by atomic mass is 10.1. The van der Waals surface area contributed by atoms with E-state index in [9.17, 15) is 13.6 Å². The number of hydrogen-bond acceptors (Lipinski definition) is 3. The molecule has 0 unspecified atom stereocenters. The second kappa shape index (κ2) is 7.96. The Labute approximate surface area is 145 Å². The number of rotatable bonds is 6. The van der Waals surface area contributed by atoms with E-state index in [0.717, 1.165) is 5.56 Å². The second-order valence-electron chi connectivity index (χ2n) is 5.83. The third-order valence-corrected chi connectivity index (χ3v) is 4.03. The minimum absolute atomic E-state index is 0.164. The fraction of sp³-hybridized carbons (Fsp3) is 0.263. The van der Waals surface area contributed by atoms with E-state index in [0.29, 0.717) is 13.1 Å². The zero-order valence-electron chi connectivity index (χ0n) is 13.7. The van der Waals surface area contributed by atoms with Crippen molar-refractivity contribution in [2.75, 3.05) is 24.5 Å². The van der Waals surface area contributed by atoms with Gasteiger partial charge in [0.25, 0.3) is 0 Å². The second-order valence-corrected chi connectivity index (χ2v) is 5.83. The summed E-state index contributed by atoms with van der Waals surface area (Å²) in [5, 5.41) is 2.54. The molecule has 2 aromatic rings. The molecule has 1 saturated heterocycles. The van der Waals surface area contributed by atoms with E-state index in [-0.39, 0.29) is 30.8 Å². The molecule has 1 fully saturated rings. The number of amides is 1. The number of ether oxygens (including phenoxy) is 1. The highest BCUT2D eigenvalue weighted by molar-refractivity contribution is 5.67. The number of alkyl carbamates (subject to hydrolysis) is 1. The van der Waals surface area contributed by atoms with Crippen LogP contribution in [0.4, 0.5) is 19.3 Å². The van der Waals surface area contributed by atoms with Crippen LogP contribution in [0.25, 0.3) is 0 Å². The molecule has 0 atom stereocenters. The number of nitrogens with zero attached hydrogens (tertiary/aromatic N) is 1. The van der Waals surface area contributed by atoms with E-state index in [1.54, 1.807) is 4.90 Å². The fourth-order valence-electron chi connectivity index (χ4n) is 2.54. The summed E-state index contributed by atoms with van der Waals surface area (Å²) in [4.78, 5) is 13.4. The first-order chi connectivity index (χ1) is 12.1. The maximum atomic E-state index is 14.1. The fourth-order valence-corrected chi connectivity index (χ4v) is 2.54. The van der Waals surface area contributed by atoms with E-state index in [1.165, 1.54) is 12.1 Å². The van der Waals surface area contributed by atoms with Crippen molar-refractivity contribution in [3.63, 3.8) is 0 Å². The lowest BCUT2D eigenvalue weighted by Crippen LogP contribution is -2.38. The van der Waals surface area contributed by atoms with Crippen molar-refractivity contribution in [3.05, 3.63) is 71.6 Å². The summed E-state index contributed by atoms with van der Waals surface area (Å²) in [7, 11) is 0. The first kappa shape index (κ1) is 17.2. The van der Waals surface area contributed by atoms with Crippen molar-refractivity contribution >= 4 is 11.8 Å². The van der Waals surface area contributed by atoms with Gasteiger partial charge in [0.15, 0.2) is 0 Å². The van der Waals surface area contributed by atoms with Crippen LogP contribution < -0.4 is 10.2 Å². The van der Waals surface area contributed by atoms with Crippen LogP contribution in [0.15, 0.2) is 42.5 Å². The number of carbonyl (C=O) groups excluding carboxylic acids is 1. The molecule has 131 valence electrons. The van der Waals surface area contributed by atoms with Crippen molar-refractivity contribution in [2.24, 2.45) is 0 Å². The van der Waals surface area contributed by atoms with Crippen molar-refractivity contribution in [2.45, 2.75) is 13.0 Å². The average molecular weight is 345 g/mol. The topological polar surface area (TPSA) is 41.6 Å². The molecule has 0 bridgehead atoms. The third-order valence-electron chi connectivity index (χ3n) is 4.03. The van der Waals surface area contributed by atoms with Crippen LogP contribution in [0.5, 0.6) is 0 Å². The van der Waals surface area contributed by atoms with Gasteiger partial charge in [-0.1, -0.05) is 30.3 Å². The number of nitrogens with one attached hydrogen (secondary N) is 1. The molecule has 1 aliphatic rings. The van der Waals surface area contributed by atoms with E-state index >= 15 is 0 Å². The molecule has 6 heteroatoms. The maximum absolute atomic E-state index is 14.1. The standard InChI is InChI=1S/C19H19F2N2O2/c20-16-12-18(23-9-4-10-23)17(21)11-15(16)7-8-22-19(24)25-13-14-5-2-1-3-6-14/h1-6,11-12H,7-10,13H2,(H,22,24). The van der Waals surface area contributed by atoms with Gasteiger partial charge >= 0.3 is 6.09 Å². The van der Waals surface area contributed by atoms with E-state index in [2.05, 4.69) is 5.32 Å². The van der Waals surface area contributed by atoms with Crippen molar-refractivity contribution < 1.29 is 18.3 Å². The first-order valence-electron chi connectivity index (χ1n) is 8.12. The zero-order valence-corrected chi connectivity index (χ0v) is 13.7. The van der Waals surface area contributed by atoms with Gasteiger partial charge in [0.2, 0.25) is 0 Å². The number of benzene rings is 2. The average Bonchev–Trinajstić information content (AvgIpc) is 2.56. The van der Waals surface area contributed by atoms with Crippen molar-refractivity contribution in [1.29, 1.82) is 0 Å². The summed E-state index contributed by atoms with van der Waals surface area (Å²) < 4.78 is 33.2. The van der Waals surface area contributed by atoms with E-state index in [4.69, 9.17) is 4.74 Å². The Hall–Kier alpha value is -2.63. The maximum Gasteiger partial charge on any atom is 0.407 e. The minimum Gasteiger partial charge on any atom is -0.445 e. The Morgan fingerprint density at radius 3 is 2.56 bits per heavy atom. The molecule has 25 heavy (non-hydrogen) atoms. The lowest BCUT2D eigenvalue weighted by Gasteiger charge is -2.33. The van der Waals surface area contributed by atoms with Crippen LogP contribution in [0.1, 0.15) is 11.1 Å². The van der Waals surface area contributed by atoms with Crippen LogP contribution in [-0.4, -0.2) is 25.7 Å². The molecule has 1 aliphatic heterocycles. The Balaban J connectivity index is 1.46. The predicted octanol–water partition coefficient (Wildman–Crippen LogP) is 3.46. The smallest absolute Gasteiger partial charge is 0.407 e. The molecular weight excluding hydrogens is 326 g/mol. The molecule has 2 aromatic carbocycles. The summed E-state index contributed by atoms with van der Waals surface area (Å²) in [5.41, 5.74) is 1.39. The van der Waals surface area contributed by atoms with Gasteiger partial charge in [-0.05, 0) is 23.6 Å². The van der Waals surface area contributed by atoms with Gasteiger partial charge in [0.05, 0.1) is 5.69 Å². The highest BCUT2D eigenvalue weighted by Gasteiger charge is 2.20. The molecule has 0 aromatic heterocycles. The summed E-state index contributed by atoms with van der Waals surface area (Å²) in [5.74, 6) is -0.918. The van der Waals surface area contributed by atoms with Crippen LogP contribution in [0.2, 0.25) is 0 Å². The Morgan fingerprint density at radius 2 is 1.88 bits per heavy atom. The lowest BCUT2D eigenvalue weighted by molar-refractivity contribution is 0.140. The Bertz CT molecular complexity index is 734. The van der Waals surface area contributed by atoms with Gasteiger partial charge < -0.3 is 15.0 Å². The zero-order chi connectivity index (χ0) is 17.6. The van der Waals surface area contributed by atoms with Gasteiger partial charge in [-0.3, -0.25) is 0 Å². The molecular formula is C19H19F2N2O2. The monoisotopic (exact) mass is 345 g/mol. The van der Waals surface area contributed by atoms with Crippen LogP contribution in [0.3, 0.4) is 0 Å². The number of hydrogen-bond donors (Lipinski definition) is 1. The summed E-state index contributed by atoms with van der Waals surface area (Å²) in [6, 6.07) is 11.7. The van der Waals surface area contributed by atoms with Crippen LogP contribution in [-0.2, 0) is 17.8 Å².